The molecule has 1 heterocycles. The van der Waals surface area contributed by atoms with Gasteiger partial charge in [0.05, 0.1) is 0 Å². The van der Waals surface area contributed by atoms with E-state index in [1.165, 1.54) is 0 Å². The number of hydrogen-bond acceptors (Lipinski definition) is 3. The number of amides is 1. The Morgan fingerprint density at radius 2 is 1.66 bits per heavy atom. The van der Waals surface area contributed by atoms with Crippen LogP contribution in [0, 0.1) is 0 Å². The lowest BCUT2D eigenvalue weighted by Crippen LogP contribution is -2.33. The van der Waals surface area contributed by atoms with Crippen LogP contribution < -0.4 is 10.6 Å². The number of carbonyl (C=O) groups excluding carboxylic acids is 1. The zero-order chi connectivity index (χ0) is 22.9. The highest BCUT2D eigenvalue weighted by Gasteiger charge is 2.16. The molecule has 0 fully saturated rings. The van der Waals surface area contributed by atoms with E-state index in [2.05, 4.69) is 27.8 Å². The summed E-state index contributed by atoms with van der Waals surface area (Å²) in [5.41, 5.74) is 4.44. The molecule has 1 aromatic heterocycles. The summed E-state index contributed by atoms with van der Waals surface area (Å²) in [4.78, 5) is 15.5. The van der Waals surface area contributed by atoms with Crippen molar-refractivity contribution in [1.82, 2.24) is 10.3 Å². The second-order valence-corrected chi connectivity index (χ2v) is 9.56. The molecule has 0 saturated carbocycles. The van der Waals surface area contributed by atoms with Gasteiger partial charge >= 0.3 is 6.09 Å². The largest absolute Gasteiger partial charge is 0.444 e. The summed E-state index contributed by atoms with van der Waals surface area (Å²) in [6.07, 6.45) is 0.208. The number of hydrogen-bond donors (Lipinski definition) is 3. The molecule has 5 nitrogen and oxygen atoms in total. The van der Waals surface area contributed by atoms with Crippen LogP contribution in [0.25, 0.3) is 21.8 Å². The number of halogens is 2. The van der Waals surface area contributed by atoms with E-state index >= 15 is 0 Å². The summed E-state index contributed by atoms with van der Waals surface area (Å²) in [5.74, 6) is 0. The number of aromatic nitrogens is 1. The molecule has 0 radical (unpaired) electrons. The molecular weight excluding hydrogens is 445 g/mol. The fourth-order valence-corrected chi connectivity index (χ4v) is 3.93. The number of alkyl carbamates (subject to hydrolysis) is 1. The van der Waals surface area contributed by atoms with Crippen LogP contribution in [0.5, 0.6) is 0 Å². The van der Waals surface area contributed by atoms with Crippen molar-refractivity contribution in [3.63, 3.8) is 0 Å². The summed E-state index contributed by atoms with van der Waals surface area (Å²) in [5, 5.41) is 9.77. The number of carbonyl (C=O) groups is 1. The summed E-state index contributed by atoms with van der Waals surface area (Å²) in [6.45, 7) is 5.98. The van der Waals surface area contributed by atoms with Crippen molar-refractivity contribution in [3.8, 4) is 0 Å². The van der Waals surface area contributed by atoms with Gasteiger partial charge in [-0.1, -0.05) is 23.2 Å². The Balaban J connectivity index is 1.66. The molecule has 0 aliphatic heterocycles. The summed E-state index contributed by atoms with van der Waals surface area (Å²) < 4.78 is 5.34. The highest BCUT2D eigenvalue weighted by atomic mass is 35.5. The van der Waals surface area contributed by atoms with Gasteiger partial charge in [0.25, 0.3) is 0 Å². The Hall–Kier alpha value is -2.89. The van der Waals surface area contributed by atoms with E-state index in [1.807, 2.05) is 63.2 Å². The van der Waals surface area contributed by atoms with Gasteiger partial charge in [0.2, 0.25) is 0 Å². The molecule has 0 atom stereocenters. The molecule has 0 spiro atoms. The summed E-state index contributed by atoms with van der Waals surface area (Å²) >= 11 is 12.3. The minimum atomic E-state index is -0.532. The molecule has 4 rings (SSSR count). The van der Waals surface area contributed by atoms with Gasteiger partial charge in [0.1, 0.15) is 5.60 Å². The SMILES string of the molecule is CC(C)(C)OC(=O)NCCc1cc(Nc2ccc(Cl)cc2)cc2c1[nH]c1ccc(Cl)cc12. The standard InChI is InChI=1S/C25H25Cl2N3O2/c1-25(2,3)32-24(31)28-11-10-15-12-19(29-18-7-4-16(26)5-8-18)14-21-20-13-17(27)6-9-22(20)30-23(15)21/h4-9,12-14,29-30H,10-11H2,1-3H3,(H,28,31). The van der Waals surface area contributed by atoms with E-state index in [1.54, 1.807) is 0 Å². The van der Waals surface area contributed by atoms with Crippen molar-refractivity contribution < 1.29 is 9.53 Å². The van der Waals surface area contributed by atoms with Crippen molar-refractivity contribution in [2.45, 2.75) is 32.8 Å². The Morgan fingerprint density at radius 3 is 2.38 bits per heavy atom. The Bertz CT molecular complexity index is 1270. The quantitative estimate of drug-likeness (QED) is 0.284. The fraction of sp³-hybridized carbons (Fsp3) is 0.240. The average Bonchev–Trinajstić information content (AvgIpc) is 3.06. The van der Waals surface area contributed by atoms with Crippen molar-refractivity contribution in [2.75, 3.05) is 11.9 Å². The minimum absolute atomic E-state index is 0.424. The number of H-pyrrole nitrogens is 1. The maximum atomic E-state index is 12.0. The molecule has 4 aromatic rings. The molecule has 32 heavy (non-hydrogen) atoms. The lowest BCUT2D eigenvalue weighted by Gasteiger charge is -2.19. The second kappa shape index (κ2) is 8.93. The second-order valence-electron chi connectivity index (χ2n) is 8.68. The Kier molecular flexibility index (Phi) is 6.22. The van der Waals surface area contributed by atoms with Gasteiger partial charge in [-0.05, 0) is 87.4 Å². The van der Waals surface area contributed by atoms with Crippen LogP contribution in [0.1, 0.15) is 26.3 Å². The molecular formula is C25H25Cl2N3O2. The molecule has 0 aliphatic rings. The molecule has 0 saturated heterocycles. The van der Waals surface area contributed by atoms with E-state index in [0.717, 1.165) is 38.7 Å². The Labute approximate surface area is 197 Å². The zero-order valence-corrected chi connectivity index (χ0v) is 19.7. The summed E-state index contributed by atoms with van der Waals surface area (Å²) in [7, 11) is 0. The number of rotatable bonds is 5. The highest BCUT2D eigenvalue weighted by molar-refractivity contribution is 6.32. The van der Waals surface area contributed by atoms with E-state index in [0.29, 0.717) is 23.0 Å². The number of ether oxygens (including phenoxy) is 1. The highest BCUT2D eigenvalue weighted by Crippen LogP contribution is 2.33. The molecule has 0 bridgehead atoms. The normalized spacial score (nSPS) is 11.7. The van der Waals surface area contributed by atoms with E-state index in [-0.39, 0.29) is 0 Å². The van der Waals surface area contributed by atoms with Crippen molar-refractivity contribution in [2.24, 2.45) is 0 Å². The molecule has 3 N–H and O–H groups in total. The zero-order valence-electron chi connectivity index (χ0n) is 18.2. The van der Waals surface area contributed by atoms with E-state index < -0.39 is 11.7 Å². The van der Waals surface area contributed by atoms with Crippen LogP contribution in [0.15, 0.2) is 54.6 Å². The van der Waals surface area contributed by atoms with Gasteiger partial charge in [-0.15, -0.1) is 0 Å². The van der Waals surface area contributed by atoms with Gasteiger partial charge in [-0.2, -0.15) is 0 Å². The average molecular weight is 470 g/mol. The molecule has 0 aliphatic carbocycles. The third-order valence-corrected chi connectivity index (χ3v) is 5.43. The third kappa shape index (κ3) is 5.29. The number of aromatic amines is 1. The molecule has 3 aromatic carbocycles. The predicted molar refractivity (Wildman–Crippen MR) is 133 cm³/mol. The van der Waals surface area contributed by atoms with Crippen LogP contribution in [0.4, 0.5) is 16.2 Å². The molecule has 166 valence electrons. The maximum Gasteiger partial charge on any atom is 0.407 e. The van der Waals surface area contributed by atoms with Crippen molar-refractivity contribution in [3.05, 3.63) is 70.2 Å². The monoisotopic (exact) mass is 469 g/mol. The third-order valence-electron chi connectivity index (χ3n) is 4.95. The van der Waals surface area contributed by atoms with Crippen molar-refractivity contribution in [1.29, 1.82) is 0 Å². The Morgan fingerprint density at radius 1 is 0.938 bits per heavy atom. The number of nitrogens with one attached hydrogen (secondary N) is 3. The first-order valence-electron chi connectivity index (χ1n) is 10.4. The number of anilines is 2. The summed E-state index contributed by atoms with van der Waals surface area (Å²) in [6, 6.07) is 17.6. The lowest BCUT2D eigenvalue weighted by atomic mass is 10.0. The number of benzene rings is 3. The van der Waals surface area contributed by atoms with Crippen LogP contribution in [-0.2, 0) is 11.2 Å². The van der Waals surface area contributed by atoms with Crippen LogP contribution in [0.3, 0.4) is 0 Å². The predicted octanol–water partition coefficient (Wildman–Crippen LogP) is 7.44. The van der Waals surface area contributed by atoms with E-state index in [4.69, 9.17) is 27.9 Å². The fourth-order valence-electron chi connectivity index (χ4n) is 3.63. The molecule has 1 amide bonds. The van der Waals surface area contributed by atoms with Crippen LogP contribution in [0.2, 0.25) is 10.0 Å². The van der Waals surface area contributed by atoms with Crippen LogP contribution in [-0.4, -0.2) is 23.2 Å². The van der Waals surface area contributed by atoms with Gasteiger partial charge in [-0.3, -0.25) is 0 Å². The van der Waals surface area contributed by atoms with Crippen LogP contribution >= 0.6 is 23.2 Å². The van der Waals surface area contributed by atoms with Gasteiger partial charge in [-0.25, -0.2) is 4.79 Å². The smallest absolute Gasteiger partial charge is 0.407 e. The first-order valence-corrected chi connectivity index (χ1v) is 11.2. The van der Waals surface area contributed by atoms with Crippen molar-refractivity contribution >= 4 is 62.5 Å². The lowest BCUT2D eigenvalue weighted by molar-refractivity contribution is 0.0528. The first-order chi connectivity index (χ1) is 15.2. The number of fused-ring (bicyclic) bond motifs is 3. The minimum Gasteiger partial charge on any atom is -0.444 e. The maximum absolute atomic E-state index is 12.0. The van der Waals surface area contributed by atoms with Gasteiger partial charge < -0.3 is 20.4 Å². The van der Waals surface area contributed by atoms with E-state index in [9.17, 15) is 4.79 Å². The molecule has 0 unspecified atom stereocenters. The molecule has 7 heteroatoms. The topological polar surface area (TPSA) is 66.2 Å². The van der Waals surface area contributed by atoms with Gasteiger partial charge in [0, 0.05) is 49.8 Å². The van der Waals surface area contributed by atoms with Gasteiger partial charge in [0.15, 0.2) is 0 Å². The first kappa shape index (κ1) is 22.3.